The Hall–Kier alpha value is -2.97. The third-order valence-corrected chi connectivity index (χ3v) is 3.94. The maximum absolute atomic E-state index is 12.2. The average molecular weight is 313 g/mol. The highest BCUT2D eigenvalue weighted by molar-refractivity contribution is 5.91. The molecule has 3 aromatic rings. The number of fused-ring (bicyclic) bond motifs is 1. The molecule has 3 aromatic heterocycles. The molecule has 1 aliphatic rings. The second-order valence-corrected chi connectivity index (χ2v) is 5.43. The van der Waals surface area contributed by atoms with Gasteiger partial charge in [0, 0.05) is 19.1 Å². The van der Waals surface area contributed by atoms with E-state index in [2.05, 4.69) is 25.9 Å². The lowest BCUT2D eigenvalue weighted by Gasteiger charge is -2.32. The molecule has 1 aliphatic heterocycles. The molecule has 0 radical (unpaired) electrons. The van der Waals surface area contributed by atoms with E-state index in [9.17, 15) is 4.79 Å². The summed E-state index contributed by atoms with van der Waals surface area (Å²) in [7, 11) is 0. The zero-order chi connectivity index (χ0) is 15.6. The highest BCUT2D eigenvalue weighted by Crippen LogP contribution is 2.17. The third-order valence-electron chi connectivity index (χ3n) is 3.94. The van der Waals surface area contributed by atoms with Crippen molar-refractivity contribution in [3.8, 4) is 0 Å². The number of piperidine rings is 1. The standard InChI is InChI=1S/C14H15N7O2/c22-14(11-2-1-9-23-11)20-7-5-10(6-8-20)15-12-3-4-13-16-18-19-21(13)17-12/h1-4,9-10H,5-8H2,(H,15,17). The van der Waals surface area contributed by atoms with E-state index < -0.39 is 0 Å². The molecule has 0 bridgehead atoms. The summed E-state index contributed by atoms with van der Waals surface area (Å²) in [5.41, 5.74) is 0.606. The minimum atomic E-state index is -0.0540. The number of amides is 1. The monoisotopic (exact) mass is 313 g/mol. The van der Waals surface area contributed by atoms with Crippen molar-refractivity contribution in [2.45, 2.75) is 18.9 Å². The number of hydrogen-bond donors (Lipinski definition) is 1. The molecule has 0 aromatic carbocycles. The molecule has 4 rings (SSSR count). The lowest BCUT2D eigenvalue weighted by Crippen LogP contribution is -2.42. The normalized spacial score (nSPS) is 15.9. The Labute approximate surface area is 131 Å². The summed E-state index contributed by atoms with van der Waals surface area (Å²) in [5, 5.41) is 18.8. The second kappa shape index (κ2) is 5.67. The number of likely N-dealkylation sites (tertiary alicyclic amines) is 1. The van der Waals surface area contributed by atoms with Gasteiger partial charge in [0.1, 0.15) is 5.82 Å². The first-order valence-electron chi connectivity index (χ1n) is 7.44. The fourth-order valence-electron chi connectivity index (χ4n) is 2.72. The van der Waals surface area contributed by atoms with Crippen molar-refractivity contribution in [2.75, 3.05) is 18.4 Å². The minimum absolute atomic E-state index is 0.0540. The van der Waals surface area contributed by atoms with Crippen molar-refractivity contribution in [1.82, 2.24) is 30.2 Å². The first-order valence-corrected chi connectivity index (χ1v) is 7.44. The number of carbonyl (C=O) groups excluding carboxylic acids is 1. The van der Waals surface area contributed by atoms with Gasteiger partial charge in [0.25, 0.3) is 5.91 Å². The van der Waals surface area contributed by atoms with Gasteiger partial charge in [-0.2, -0.15) is 0 Å². The lowest BCUT2D eigenvalue weighted by molar-refractivity contribution is 0.0686. The summed E-state index contributed by atoms with van der Waals surface area (Å²) in [6.07, 6.45) is 3.21. The molecule has 0 spiro atoms. The van der Waals surface area contributed by atoms with Gasteiger partial charge in [-0.3, -0.25) is 4.79 Å². The molecule has 0 aliphatic carbocycles. The molecular weight excluding hydrogens is 298 g/mol. The molecule has 4 heterocycles. The molecule has 0 atom stereocenters. The summed E-state index contributed by atoms with van der Waals surface area (Å²) < 4.78 is 6.55. The number of nitrogens with one attached hydrogen (secondary N) is 1. The smallest absolute Gasteiger partial charge is 0.289 e. The molecular formula is C14H15N7O2. The lowest BCUT2D eigenvalue weighted by atomic mass is 10.0. The Kier molecular flexibility index (Phi) is 3.37. The van der Waals surface area contributed by atoms with Crippen LogP contribution >= 0.6 is 0 Å². The van der Waals surface area contributed by atoms with Crippen LogP contribution in [0.4, 0.5) is 5.82 Å². The van der Waals surface area contributed by atoms with Crippen molar-refractivity contribution in [3.05, 3.63) is 36.3 Å². The highest BCUT2D eigenvalue weighted by Gasteiger charge is 2.25. The van der Waals surface area contributed by atoms with E-state index in [1.165, 1.54) is 10.9 Å². The molecule has 0 unspecified atom stereocenters. The quantitative estimate of drug-likeness (QED) is 0.764. The van der Waals surface area contributed by atoms with Gasteiger partial charge in [0.15, 0.2) is 11.4 Å². The minimum Gasteiger partial charge on any atom is -0.459 e. The number of tetrazole rings is 1. The van der Waals surface area contributed by atoms with E-state index in [4.69, 9.17) is 4.42 Å². The summed E-state index contributed by atoms with van der Waals surface area (Å²) >= 11 is 0. The van der Waals surface area contributed by atoms with E-state index in [0.717, 1.165) is 18.7 Å². The molecule has 1 fully saturated rings. The van der Waals surface area contributed by atoms with Gasteiger partial charge in [0.05, 0.1) is 6.26 Å². The van der Waals surface area contributed by atoms with Gasteiger partial charge < -0.3 is 14.6 Å². The maximum atomic E-state index is 12.2. The number of furan rings is 1. The maximum Gasteiger partial charge on any atom is 0.289 e. The van der Waals surface area contributed by atoms with Crippen LogP contribution in [0.1, 0.15) is 23.4 Å². The average Bonchev–Trinajstić information content (AvgIpc) is 3.26. The molecule has 9 nitrogen and oxygen atoms in total. The zero-order valence-electron chi connectivity index (χ0n) is 12.3. The Morgan fingerprint density at radius 2 is 2.13 bits per heavy atom. The second-order valence-electron chi connectivity index (χ2n) is 5.43. The van der Waals surface area contributed by atoms with Crippen molar-refractivity contribution in [2.24, 2.45) is 0 Å². The Morgan fingerprint density at radius 3 is 2.91 bits per heavy atom. The summed E-state index contributed by atoms with van der Waals surface area (Å²) in [4.78, 5) is 14.0. The van der Waals surface area contributed by atoms with Crippen molar-refractivity contribution in [3.63, 3.8) is 0 Å². The van der Waals surface area contributed by atoms with E-state index in [1.54, 1.807) is 12.1 Å². The Bertz CT molecular complexity index is 806. The van der Waals surface area contributed by atoms with Crippen molar-refractivity contribution >= 4 is 17.4 Å². The van der Waals surface area contributed by atoms with Gasteiger partial charge in [-0.25, -0.2) is 0 Å². The predicted molar refractivity (Wildman–Crippen MR) is 79.8 cm³/mol. The van der Waals surface area contributed by atoms with Crippen LogP contribution in [0.5, 0.6) is 0 Å². The molecule has 1 saturated heterocycles. The topological polar surface area (TPSA) is 101 Å². The molecule has 23 heavy (non-hydrogen) atoms. The van der Waals surface area contributed by atoms with Gasteiger partial charge in [-0.1, -0.05) is 0 Å². The van der Waals surface area contributed by atoms with Crippen LogP contribution in [0.25, 0.3) is 5.65 Å². The third kappa shape index (κ3) is 2.72. The van der Waals surface area contributed by atoms with Crippen LogP contribution < -0.4 is 5.32 Å². The van der Waals surface area contributed by atoms with E-state index in [0.29, 0.717) is 24.5 Å². The van der Waals surface area contributed by atoms with Crippen molar-refractivity contribution in [1.29, 1.82) is 0 Å². The zero-order valence-corrected chi connectivity index (χ0v) is 12.3. The van der Waals surface area contributed by atoms with Crippen LogP contribution in [0.3, 0.4) is 0 Å². The predicted octanol–water partition coefficient (Wildman–Crippen LogP) is 0.829. The summed E-state index contributed by atoms with van der Waals surface area (Å²) in [6.45, 7) is 1.37. The first kappa shape index (κ1) is 13.7. The van der Waals surface area contributed by atoms with Gasteiger partial charge in [0.2, 0.25) is 0 Å². The van der Waals surface area contributed by atoms with E-state index >= 15 is 0 Å². The van der Waals surface area contributed by atoms with Crippen molar-refractivity contribution < 1.29 is 9.21 Å². The van der Waals surface area contributed by atoms with Gasteiger partial charge >= 0.3 is 0 Å². The summed E-state index contributed by atoms with van der Waals surface area (Å²) in [6, 6.07) is 7.34. The SMILES string of the molecule is O=C(c1ccco1)N1CCC(Nc2ccc3nnnn3n2)CC1. The highest BCUT2D eigenvalue weighted by atomic mass is 16.3. The van der Waals surface area contributed by atoms with Crippen LogP contribution in [-0.2, 0) is 0 Å². The molecule has 1 amide bonds. The van der Waals surface area contributed by atoms with Crippen LogP contribution in [-0.4, -0.2) is 55.2 Å². The molecule has 0 saturated carbocycles. The number of anilines is 1. The fraction of sp³-hybridized carbons (Fsp3) is 0.357. The number of nitrogens with zero attached hydrogens (tertiary/aromatic N) is 6. The molecule has 118 valence electrons. The number of aromatic nitrogens is 5. The van der Waals surface area contributed by atoms with Crippen LogP contribution in [0.2, 0.25) is 0 Å². The van der Waals surface area contributed by atoms with E-state index in [1.807, 2.05) is 17.0 Å². The molecule has 9 heteroatoms. The Morgan fingerprint density at radius 1 is 1.26 bits per heavy atom. The summed E-state index contributed by atoms with van der Waals surface area (Å²) in [5.74, 6) is 1.06. The van der Waals surface area contributed by atoms with Gasteiger partial charge in [-0.15, -0.1) is 14.8 Å². The van der Waals surface area contributed by atoms with Crippen LogP contribution in [0, 0.1) is 0 Å². The van der Waals surface area contributed by atoms with Crippen LogP contribution in [0.15, 0.2) is 34.9 Å². The largest absolute Gasteiger partial charge is 0.459 e. The Balaban J connectivity index is 1.37. The fourth-order valence-corrected chi connectivity index (χ4v) is 2.72. The first-order chi connectivity index (χ1) is 11.3. The van der Waals surface area contributed by atoms with E-state index in [-0.39, 0.29) is 11.9 Å². The van der Waals surface area contributed by atoms with Gasteiger partial charge in [-0.05, 0) is 47.5 Å². The number of carbonyl (C=O) groups is 1. The number of rotatable bonds is 3. The number of hydrogen-bond acceptors (Lipinski definition) is 7. The molecule has 1 N–H and O–H groups in total.